The summed E-state index contributed by atoms with van der Waals surface area (Å²) in [6, 6.07) is 12.2. The fourth-order valence-corrected chi connectivity index (χ4v) is 9.67. The van der Waals surface area contributed by atoms with Crippen molar-refractivity contribution < 1.29 is 33.5 Å². The van der Waals surface area contributed by atoms with Crippen molar-refractivity contribution >= 4 is 47.1 Å². The number of nitrogens with one attached hydrogen (secondary N) is 5. The summed E-state index contributed by atoms with van der Waals surface area (Å²) in [6.45, 7) is 21.8. The van der Waals surface area contributed by atoms with Crippen molar-refractivity contribution in [2.75, 3.05) is 32.9 Å². The number of hydrogen-bond acceptors (Lipinski definition) is 12. The number of amides is 6. The van der Waals surface area contributed by atoms with Gasteiger partial charge in [-0.25, -0.2) is 9.97 Å². The molecule has 0 saturated carbocycles. The molecule has 2 aliphatic rings. The van der Waals surface area contributed by atoms with E-state index in [1.165, 1.54) is 15.8 Å². The number of carbonyl (C=O) groups excluding carboxylic acids is 6. The summed E-state index contributed by atoms with van der Waals surface area (Å²) in [5, 5.41) is 19.8. The van der Waals surface area contributed by atoms with Crippen LogP contribution in [0.3, 0.4) is 0 Å². The summed E-state index contributed by atoms with van der Waals surface area (Å²) in [4.78, 5) is 97.5. The Bertz CT molecular complexity index is 2750. The Labute approximate surface area is 446 Å². The highest BCUT2D eigenvalue weighted by Gasteiger charge is 2.46. The van der Waals surface area contributed by atoms with Gasteiger partial charge in [-0.05, 0) is 70.5 Å². The Morgan fingerprint density at radius 2 is 1.66 bits per heavy atom. The van der Waals surface area contributed by atoms with E-state index in [9.17, 15) is 28.8 Å². The van der Waals surface area contributed by atoms with Crippen LogP contribution in [0.15, 0.2) is 54.7 Å². The van der Waals surface area contributed by atoms with Crippen LogP contribution in [-0.2, 0) is 37.1 Å². The number of benzene rings is 2. The van der Waals surface area contributed by atoms with Gasteiger partial charge in [0.1, 0.15) is 30.4 Å². The van der Waals surface area contributed by atoms with Crippen LogP contribution in [0, 0.1) is 18.9 Å². The predicted molar refractivity (Wildman–Crippen MR) is 289 cm³/mol. The van der Waals surface area contributed by atoms with Crippen molar-refractivity contribution in [3.63, 3.8) is 0 Å². The molecule has 76 heavy (non-hydrogen) atoms. The number of rotatable bonds is 21. The zero-order valence-electron chi connectivity index (χ0n) is 45.6. The lowest BCUT2D eigenvalue weighted by Gasteiger charge is -2.36. The fourth-order valence-electron chi connectivity index (χ4n) is 9.67. The Morgan fingerprint density at radius 1 is 0.974 bits per heavy atom. The van der Waals surface area contributed by atoms with Crippen LogP contribution in [-0.4, -0.2) is 116 Å². The van der Waals surface area contributed by atoms with Crippen LogP contribution in [0.1, 0.15) is 151 Å². The summed E-state index contributed by atoms with van der Waals surface area (Å²) < 4.78 is 7.72. The van der Waals surface area contributed by atoms with Gasteiger partial charge in [0.15, 0.2) is 5.82 Å². The Kier molecular flexibility index (Phi) is 20.1. The number of likely N-dealkylation sites (tertiary alicyclic amines) is 1. The highest BCUT2D eigenvalue weighted by molar-refractivity contribution is 5.96. The number of nitrogens with two attached hydrogens (primary N) is 1. The van der Waals surface area contributed by atoms with E-state index < -0.39 is 35.7 Å². The largest absolute Gasteiger partial charge is 0.467 e. The van der Waals surface area contributed by atoms with Crippen LogP contribution in [0.2, 0.25) is 0 Å². The molecule has 1 fully saturated rings. The lowest BCUT2D eigenvalue weighted by atomic mass is 9.85. The first-order chi connectivity index (χ1) is 36.2. The molecule has 2 aromatic heterocycles. The monoisotopic (exact) mass is 1040 g/mol. The molecule has 2 bridgehead atoms. The number of nitrogens with zero attached hydrogens (tertiary/aromatic N) is 7. The van der Waals surface area contributed by atoms with Gasteiger partial charge < -0.3 is 51.7 Å². The van der Waals surface area contributed by atoms with E-state index in [-0.39, 0.29) is 98.0 Å². The standard InChI is InChI=1S/C56H77N13O7/c1-11-41(37-21-17-16-18-22-37)63-52(73)44-30-38(32-68(44)55(75)48(56(5,6)7)65-51(72)35(3)58-8)62-46(71)24-20-15-13-12-14-19-23-45(70)60-27-28-69-50(59-9)47-42-31-61-49(57)53(64-42)76-36(4)40-29-34(2)25-26-39(40)54(74)67(10)33-43(47)66-69/h16-18,21-22,25-26,29,31,35-36,38,41,44,48,58H,11-15,19-20,23-24,27-28,30,32-33H2,1-8,10H3,(H2,57,61)(H,60,70)(H,62,71)(H,63,73)(H,65,72)/t35-,36+,38-,41+,44-,48+/m0/s1. The number of unbranched alkanes of at least 4 members (excludes halogenated alkanes) is 5. The van der Waals surface area contributed by atoms with Crippen molar-refractivity contribution in [3.8, 4) is 17.1 Å². The Balaban J connectivity index is 0.963. The molecule has 6 atom stereocenters. The second-order valence-corrected chi connectivity index (χ2v) is 21.1. The van der Waals surface area contributed by atoms with Crippen LogP contribution >= 0.6 is 0 Å². The van der Waals surface area contributed by atoms with Gasteiger partial charge >= 0.3 is 0 Å². The van der Waals surface area contributed by atoms with Crippen molar-refractivity contribution in [1.29, 1.82) is 0 Å². The lowest BCUT2D eigenvalue weighted by Crippen LogP contribution is -2.59. The molecule has 20 heteroatoms. The van der Waals surface area contributed by atoms with Crippen LogP contribution in [0.5, 0.6) is 5.88 Å². The molecule has 0 radical (unpaired) electrons. The zero-order chi connectivity index (χ0) is 55.3. The van der Waals surface area contributed by atoms with Gasteiger partial charge in [0.05, 0.1) is 42.6 Å². The van der Waals surface area contributed by atoms with E-state index in [0.717, 1.165) is 36.8 Å². The molecule has 0 spiro atoms. The molecular weight excluding hydrogens is 967 g/mol. The number of likely N-dealkylation sites (N-methyl/N-ethyl adjacent to an activating group) is 1. The summed E-state index contributed by atoms with van der Waals surface area (Å²) in [6.07, 6.45) is 7.13. The molecule has 7 N–H and O–H groups in total. The third-order valence-corrected chi connectivity index (χ3v) is 14.1. The lowest BCUT2D eigenvalue weighted by molar-refractivity contribution is -0.144. The average molecular weight is 1040 g/mol. The summed E-state index contributed by atoms with van der Waals surface area (Å²) in [5.41, 5.74) is 9.73. The number of anilines is 1. The van der Waals surface area contributed by atoms with E-state index in [2.05, 4.69) is 41.4 Å². The first-order valence-electron chi connectivity index (χ1n) is 26.6. The number of ether oxygens (including phenoxy) is 1. The molecule has 6 amide bonds. The number of hydrogen-bond donors (Lipinski definition) is 6. The van der Waals surface area contributed by atoms with E-state index in [0.29, 0.717) is 53.8 Å². The molecular formula is C56H77N13O7. The molecule has 1 saturated heterocycles. The smallest absolute Gasteiger partial charge is 0.262 e. The van der Waals surface area contributed by atoms with Crippen molar-refractivity contribution in [2.24, 2.45) is 5.41 Å². The van der Waals surface area contributed by atoms with Crippen LogP contribution < -0.4 is 37.1 Å². The van der Waals surface area contributed by atoms with Crippen LogP contribution in [0.4, 0.5) is 11.6 Å². The number of aromatic nitrogens is 4. The normalized spacial score (nSPS) is 17.6. The maximum Gasteiger partial charge on any atom is 0.262 e. The SMILES string of the molecule is [C-]#[N+]c1c2c(nn1CCNC(=O)CCCCCCCCC(=O)N[C@H]1C[C@@H](C(=O)N[C@H](CC)c3ccccc3)N(C(=O)[C@@H](NC(=O)[C@H](C)NC)C(C)(C)C)C1)CN(C)C(=O)c1ccc(C)cc1[C@@H](C)Oc1nc-2cnc1N. The summed E-state index contributed by atoms with van der Waals surface area (Å²) in [5.74, 6) is -1.22. The van der Waals surface area contributed by atoms with E-state index in [1.807, 2.05) is 84.0 Å². The second kappa shape index (κ2) is 26.4. The fraction of sp³-hybridized carbons (Fsp3) is 0.536. The molecule has 2 aromatic carbocycles. The van der Waals surface area contributed by atoms with Gasteiger partial charge in [-0.1, -0.05) is 108 Å². The van der Waals surface area contributed by atoms with Gasteiger partial charge in [0.2, 0.25) is 29.5 Å². The van der Waals surface area contributed by atoms with Gasteiger partial charge in [0.25, 0.3) is 17.6 Å². The van der Waals surface area contributed by atoms with E-state index >= 15 is 0 Å². The second-order valence-electron chi connectivity index (χ2n) is 21.1. The molecule has 4 heterocycles. The van der Waals surface area contributed by atoms with Crippen molar-refractivity contribution in [2.45, 2.75) is 162 Å². The first-order valence-corrected chi connectivity index (χ1v) is 26.6. The molecule has 6 rings (SSSR count). The highest BCUT2D eigenvalue weighted by atomic mass is 16.5. The quantitative estimate of drug-likeness (QED) is 0.0401. The van der Waals surface area contributed by atoms with Crippen molar-refractivity contribution in [3.05, 3.63) is 94.1 Å². The minimum atomic E-state index is -0.917. The van der Waals surface area contributed by atoms with Crippen LogP contribution in [0.25, 0.3) is 16.1 Å². The van der Waals surface area contributed by atoms with Crippen molar-refractivity contribution in [1.82, 2.24) is 56.1 Å². The minimum absolute atomic E-state index is 0.0646. The highest BCUT2D eigenvalue weighted by Crippen LogP contribution is 2.37. The zero-order valence-corrected chi connectivity index (χ0v) is 45.6. The molecule has 2 aliphatic heterocycles. The summed E-state index contributed by atoms with van der Waals surface area (Å²) >= 11 is 0. The minimum Gasteiger partial charge on any atom is -0.467 e. The van der Waals surface area contributed by atoms with Gasteiger partial charge in [0, 0.05) is 43.6 Å². The Hall–Kier alpha value is -7.40. The van der Waals surface area contributed by atoms with Gasteiger partial charge in [-0.15, -0.1) is 5.10 Å². The van der Waals surface area contributed by atoms with Gasteiger partial charge in [-0.3, -0.25) is 28.8 Å². The maximum atomic E-state index is 14.4. The predicted octanol–water partition coefficient (Wildman–Crippen LogP) is 6.24. The third kappa shape index (κ3) is 14.7. The molecule has 408 valence electrons. The number of aryl methyl sites for hydroxylation is 1. The topological polar surface area (TPSA) is 252 Å². The maximum absolute atomic E-state index is 14.4. The summed E-state index contributed by atoms with van der Waals surface area (Å²) in [7, 11) is 3.35. The third-order valence-electron chi connectivity index (χ3n) is 14.1. The molecule has 0 unspecified atom stereocenters. The average Bonchev–Trinajstić information content (AvgIpc) is 3.99. The molecule has 0 aliphatic carbocycles. The van der Waals surface area contributed by atoms with Gasteiger partial charge in [-0.2, -0.15) is 4.68 Å². The number of fused-ring (bicyclic) bond motifs is 5. The number of nitrogen functional groups attached to an aromatic ring is 1. The van der Waals surface area contributed by atoms with E-state index in [4.69, 9.17) is 22.1 Å². The molecule has 20 nitrogen and oxygen atoms in total. The van der Waals surface area contributed by atoms with E-state index in [1.54, 1.807) is 32.0 Å². The first kappa shape index (κ1) is 57.9. The Morgan fingerprint density at radius 3 is 2.32 bits per heavy atom. The molecule has 4 aromatic rings. The number of carbonyl (C=O) groups is 6.